The molecule has 0 aliphatic rings. The summed E-state index contributed by atoms with van der Waals surface area (Å²) in [5.74, 6) is 0.00631. The lowest BCUT2D eigenvalue weighted by molar-refractivity contribution is 0.0991. The third-order valence-corrected chi connectivity index (χ3v) is 2.52. The normalized spacial score (nSPS) is 12.6. The molecule has 0 radical (unpaired) electrons. The zero-order valence-electron chi connectivity index (χ0n) is 8.80. The van der Waals surface area contributed by atoms with E-state index in [4.69, 9.17) is 11.6 Å². The second kappa shape index (κ2) is 4.61. The van der Waals surface area contributed by atoms with Gasteiger partial charge in [-0.25, -0.2) is 0 Å². The van der Waals surface area contributed by atoms with Crippen LogP contribution in [0.25, 0.3) is 0 Å². The molecule has 0 saturated heterocycles. The summed E-state index contributed by atoms with van der Waals surface area (Å²) in [5.41, 5.74) is 3.01. The van der Waals surface area contributed by atoms with Crippen LogP contribution >= 0.6 is 11.6 Å². The minimum Gasteiger partial charge on any atom is -0.293 e. The molecule has 1 unspecified atom stereocenters. The number of benzene rings is 1. The first kappa shape index (κ1) is 11.3. The summed E-state index contributed by atoms with van der Waals surface area (Å²) in [4.78, 5) is 11.6. The van der Waals surface area contributed by atoms with Crippen LogP contribution in [-0.2, 0) is 6.42 Å². The highest BCUT2D eigenvalue weighted by atomic mass is 35.5. The standard InChI is InChI=1S/C12H15ClO/c1-4-10-5-6-11(8(2)7-10)12(14)9(3)13/h5-7,9H,4H2,1-3H3. The molecule has 0 amide bonds. The van der Waals surface area contributed by atoms with E-state index in [1.54, 1.807) is 6.92 Å². The van der Waals surface area contributed by atoms with Gasteiger partial charge in [0.15, 0.2) is 5.78 Å². The molecule has 0 aliphatic carbocycles. The van der Waals surface area contributed by atoms with Gasteiger partial charge in [0.25, 0.3) is 0 Å². The number of alkyl halides is 1. The van der Waals surface area contributed by atoms with Crippen molar-refractivity contribution < 1.29 is 4.79 Å². The molecule has 76 valence electrons. The van der Waals surface area contributed by atoms with Gasteiger partial charge in [-0.05, 0) is 31.4 Å². The molecule has 1 aromatic rings. The number of rotatable bonds is 3. The van der Waals surface area contributed by atoms with Crippen LogP contribution in [0.1, 0.15) is 35.3 Å². The molecule has 1 atom stereocenters. The molecular weight excluding hydrogens is 196 g/mol. The van der Waals surface area contributed by atoms with Crippen molar-refractivity contribution in [2.24, 2.45) is 0 Å². The first-order valence-corrected chi connectivity index (χ1v) is 5.27. The second-order valence-corrected chi connectivity index (χ2v) is 4.14. The van der Waals surface area contributed by atoms with Crippen LogP contribution in [-0.4, -0.2) is 11.2 Å². The Hall–Kier alpha value is -0.820. The van der Waals surface area contributed by atoms with E-state index in [0.717, 1.165) is 17.5 Å². The van der Waals surface area contributed by atoms with Crippen LogP contribution in [0.15, 0.2) is 18.2 Å². The summed E-state index contributed by atoms with van der Waals surface area (Å²) in [5, 5.41) is -0.443. The van der Waals surface area contributed by atoms with E-state index in [1.165, 1.54) is 5.56 Å². The molecule has 0 fully saturated rings. The van der Waals surface area contributed by atoms with E-state index < -0.39 is 5.38 Å². The summed E-state index contributed by atoms with van der Waals surface area (Å²) < 4.78 is 0. The van der Waals surface area contributed by atoms with Crippen molar-refractivity contribution in [2.75, 3.05) is 0 Å². The zero-order chi connectivity index (χ0) is 10.7. The van der Waals surface area contributed by atoms with Gasteiger partial charge in [0.2, 0.25) is 0 Å². The summed E-state index contributed by atoms with van der Waals surface area (Å²) >= 11 is 5.76. The topological polar surface area (TPSA) is 17.1 Å². The molecular formula is C12H15ClO. The Labute approximate surface area is 90.1 Å². The molecule has 0 bridgehead atoms. The molecule has 14 heavy (non-hydrogen) atoms. The quantitative estimate of drug-likeness (QED) is 0.552. The van der Waals surface area contributed by atoms with Crippen LogP contribution < -0.4 is 0 Å². The van der Waals surface area contributed by atoms with Gasteiger partial charge in [0, 0.05) is 5.56 Å². The van der Waals surface area contributed by atoms with E-state index in [1.807, 2.05) is 25.1 Å². The fourth-order valence-corrected chi connectivity index (χ4v) is 1.55. The number of halogens is 1. The van der Waals surface area contributed by atoms with Crippen molar-refractivity contribution in [3.05, 3.63) is 34.9 Å². The summed E-state index contributed by atoms with van der Waals surface area (Å²) in [6.07, 6.45) is 0.992. The van der Waals surface area contributed by atoms with Crippen LogP contribution in [0.5, 0.6) is 0 Å². The van der Waals surface area contributed by atoms with Crippen molar-refractivity contribution >= 4 is 17.4 Å². The van der Waals surface area contributed by atoms with Crippen LogP contribution in [0.3, 0.4) is 0 Å². The maximum Gasteiger partial charge on any atom is 0.180 e. The minimum absolute atomic E-state index is 0.00631. The SMILES string of the molecule is CCc1ccc(C(=O)C(C)Cl)c(C)c1. The van der Waals surface area contributed by atoms with E-state index in [0.29, 0.717) is 0 Å². The van der Waals surface area contributed by atoms with Crippen LogP contribution in [0.4, 0.5) is 0 Å². The van der Waals surface area contributed by atoms with Crippen LogP contribution in [0, 0.1) is 6.92 Å². The van der Waals surface area contributed by atoms with Gasteiger partial charge in [-0.2, -0.15) is 0 Å². The van der Waals surface area contributed by atoms with Crippen molar-refractivity contribution in [2.45, 2.75) is 32.6 Å². The highest BCUT2D eigenvalue weighted by Crippen LogP contribution is 2.15. The molecule has 1 rings (SSSR count). The Morgan fingerprint density at radius 3 is 2.57 bits per heavy atom. The molecule has 0 aliphatic heterocycles. The predicted molar refractivity (Wildman–Crippen MR) is 60.2 cm³/mol. The van der Waals surface area contributed by atoms with E-state index in [-0.39, 0.29) is 5.78 Å². The monoisotopic (exact) mass is 210 g/mol. The first-order chi connectivity index (χ1) is 6.56. The van der Waals surface area contributed by atoms with Crippen molar-refractivity contribution in [1.29, 1.82) is 0 Å². The van der Waals surface area contributed by atoms with Gasteiger partial charge in [0.05, 0.1) is 5.38 Å². The molecule has 0 N–H and O–H groups in total. The van der Waals surface area contributed by atoms with Gasteiger partial charge in [-0.3, -0.25) is 4.79 Å². The maximum absolute atomic E-state index is 11.6. The lowest BCUT2D eigenvalue weighted by Crippen LogP contribution is -2.12. The lowest BCUT2D eigenvalue weighted by Gasteiger charge is -2.07. The Morgan fingerprint density at radius 1 is 1.50 bits per heavy atom. The number of Topliss-reactive ketones (excluding diaryl/α,β-unsaturated/α-hetero) is 1. The summed E-state index contributed by atoms with van der Waals surface area (Å²) in [6.45, 7) is 5.75. The van der Waals surface area contributed by atoms with Gasteiger partial charge in [-0.15, -0.1) is 11.6 Å². The summed E-state index contributed by atoms with van der Waals surface area (Å²) in [6, 6.07) is 5.90. The summed E-state index contributed by atoms with van der Waals surface area (Å²) in [7, 11) is 0. The van der Waals surface area contributed by atoms with Gasteiger partial charge < -0.3 is 0 Å². The number of carbonyl (C=O) groups excluding carboxylic acids is 1. The van der Waals surface area contributed by atoms with Gasteiger partial charge in [-0.1, -0.05) is 25.1 Å². The lowest BCUT2D eigenvalue weighted by atomic mass is 9.99. The van der Waals surface area contributed by atoms with Gasteiger partial charge in [0.1, 0.15) is 0 Å². The van der Waals surface area contributed by atoms with Crippen LogP contribution in [0.2, 0.25) is 0 Å². The van der Waals surface area contributed by atoms with Crippen molar-refractivity contribution in [3.8, 4) is 0 Å². The first-order valence-electron chi connectivity index (χ1n) is 4.84. The van der Waals surface area contributed by atoms with E-state index in [9.17, 15) is 4.79 Å². The molecule has 2 heteroatoms. The number of hydrogen-bond acceptors (Lipinski definition) is 1. The molecule has 0 aromatic heterocycles. The second-order valence-electron chi connectivity index (χ2n) is 3.48. The Kier molecular flexibility index (Phi) is 3.70. The minimum atomic E-state index is -0.443. The maximum atomic E-state index is 11.6. The average Bonchev–Trinajstić information content (AvgIpc) is 2.16. The highest BCUT2D eigenvalue weighted by Gasteiger charge is 2.14. The fourth-order valence-electron chi connectivity index (χ4n) is 1.44. The number of aryl methyl sites for hydroxylation is 2. The third-order valence-electron chi connectivity index (χ3n) is 2.33. The van der Waals surface area contributed by atoms with E-state index >= 15 is 0 Å². The highest BCUT2D eigenvalue weighted by molar-refractivity contribution is 6.33. The average molecular weight is 211 g/mol. The van der Waals surface area contributed by atoms with Crippen molar-refractivity contribution in [1.82, 2.24) is 0 Å². The predicted octanol–water partition coefficient (Wildman–Crippen LogP) is 3.37. The number of carbonyl (C=O) groups is 1. The Balaban J connectivity index is 3.06. The largest absolute Gasteiger partial charge is 0.293 e. The van der Waals surface area contributed by atoms with Crippen molar-refractivity contribution in [3.63, 3.8) is 0 Å². The van der Waals surface area contributed by atoms with E-state index in [2.05, 4.69) is 6.92 Å². The third kappa shape index (κ3) is 2.36. The number of ketones is 1. The molecule has 1 aromatic carbocycles. The fraction of sp³-hybridized carbons (Fsp3) is 0.417. The zero-order valence-corrected chi connectivity index (χ0v) is 9.56. The molecule has 0 heterocycles. The van der Waals surface area contributed by atoms with Gasteiger partial charge >= 0.3 is 0 Å². The molecule has 0 spiro atoms. The molecule has 0 saturated carbocycles. The Bertz CT molecular complexity index is 342. The molecule has 1 nitrogen and oxygen atoms in total. The Morgan fingerprint density at radius 2 is 2.14 bits per heavy atom. The smallest absolute Gasteiger partial charge is 0.180 e. The number of hydrogen-bond donors (Lipinski definition) is 0.